The highest BCUT2D eigenvalue weighted by atomic mass is 16.4. The molecular formula is C8H8O2. The van der Waals surface area contributed by atoms with Crippen LogP contribution < -0.4 is 0 Å². The Morgan fingerprint density at radius 2 is 2.00 bits per heavy atom. The third kappa shape index (κ3) is 0.377. The fourth-order valence-electron chi connectivity index (χ4n) is 2.17. The Hall–Kier alpha value is -0.970. The van der Waals surface area contributed by atoms with Gasteiger partial charge in [-0.15, -0.1) is 6.42 Å². The van der Waals surface area contributed by atoms with E-state index in [-0.39, 0.29) is 5.41 Å². The van der Waals surface area contributed by atoms with Gasteiger partial charge in [0.2, 0.25) is 0 Å². The zero-order chi connectivity index (χ0) is 7.41. The lowest BCUT2D eigenvalue weighted by molar-refractivity contribution is -0.202. The zero-order valence-electron chi connectivity index (χ0n) is 5.55. The van der Waals surface area contributed by atoms with Crippen LogP contribution in [-0.2, 0) is 4.79 Å². The number of aliphatic carboxylic acids is 1. The number of carboxylic acid groups (broad SMARTS) is 1. The van der Waals surface area contributed by atoms with Crippen molar-refractivity contribution in [2.24, 2.45) is 10.8 Å². The molecule has 2 nitrogen and oxygen atoms in total. The Morgan fingerprint density at radius 1 is 1.50 bits per heavy atom. The quantitative estimate of drug-likeness (QED) is 0.543. The van der Waals surface area contributed by atoms with Crippen molar-refractivity contribution in [3.63, 3.8) is 0 Å². The van der Waals surface area contributed by atoms with Gasteiger partial charge in [-0.25, -0.2) is 0 Å². The molecule has 1 N–H and O–H groups in total. The van der Waals surface area contributed by atoms with Crippen LogP contribution in [0.3, 0.4) is 0 Å². The van der Waals surface area contributed by atoms with Gasteiger partial charge in [0, 0.05) is 5.41 Å². The van der Waals surface area contributed by atoms with E-state index in [1.807, 2.05) is 0 Å². The Morgan fingerprint density at radius 3 is 2.30 bits per heavy atom. The van der Waals surface area contributed by atoms with Crippen molar-refractivity contribution in [1.29, 1.82) is 0 Å². The van der Waals surface area contributed by atoms with Crippen LogP contribution in [0.2, 0.25) is 0 Å². The number of hydrogen-bond acceptors (Lipinski definition) is 1. The molecule has 3 aliphatic carbocycles. The standard InChI is InChI=1S/C8H8O2/c1-2-7-3-8(4-7,5-7)6(9)10/h1H,3-5H2,(H,9,10). The Labute approximate surface area is 59.2 Å². The maximum absolute atomic E-state index is 10.5. The molecule has 3 saturated carbocycles. The Kier molecular flexibility index (Phi) is 0.707. The highest BCUT2D eigenvalue weighted by Crippen LogP contribution is 2.72. The molecule has 0 saturated heterocycles. The van der Waals surface area contributed by atoms with Gasteiger partial charge in [0.1, 0.15) is 0 Å². The summed E-state index contributed by atoms with van der Waals surface area (Å²) in [5.41, 5.74) is -0.398. The molecule has 10 heavy (non-hydrogen) atoms. The molecule has 2 heteroatoms. The topological polar surface area (TPSA) is 37.3 Å². The number of carboxylic acids is 1. The summed E-state index contributed by atoms with van der Waals surface area (Å²) in [6.45, 7) is 0. The lowest BCUT2D eigenvalue weighted by atomic mass is 9.35. The fraction of sp³-hybridized carbons (Fsp3) is 0.625. The first-order chi connectivity index (χ1) is 4.63. The maximum atomic E-state index is 10.5. The number of terminal acetylenes is 1. The van der Waals surface area contributed by atoms with Crippen LogP contribution in [0.15, 0.2) is 0 Å². The van der Waals surface area contributed by atoms with Crippen LogP contribution in [0.4, 0.5) is 0 Å². The SMILES string of the molecule is C#CC12CC(C(=O)O)(C1)C2. The van der Waals surface area contributed by atoms with Gasteiger partial charge < -0.3 is 5.11 Å². The predicted octanol–water partition coefficient (Wildman–Crippen LogP) is 0.875. The molecule has 0 spiro atoms. The van der Waals surface area contributed by atoms with Gasteiger partial charge in [-0.3, -0.25) is 4.79 Å². The van der Waals surface area contributed by atoms with Crippen molar-refractivity contribution in [2.75, 3.05) is 0 Å². The summed E-state index contributed by atoms with van der Waals surface area (Å²) in [6, 6.07) is 0. The zero-order valence-corrected chi connectivity index (χ0v) is 5.55. The Bertz CT molecular complexity index is 227. The van der Waals surface area contributed by atoms with E-state index in [0.29, 0.717) is 19.3 Å². The van der Waals surface area contributed by atoms with Crippen molar-refractivity contribution >= 4 is 5.97 Å². The largest absolute Gasteiger partial charge is 0.481 e. The van der Waals surface area contributed by atoms with Gasteiger partial charge in [-0.05, 0) is 19.3 Å². The number of carbonyl (C=O) groups is 1. The predicted molar refractivity (Wildman–Crippen MR) is 35.2 cm³/mol. The monoisotopic (exact) mass is 136 g/mol. The molecule has 0 aromatic heterocycles. The summed E-state index contributed by atoms with van der Waals surface area (Å²) >= 11 is 0. The molecule has 2 bridgehead atoms. The summed E-state index contributed by atoms with van der Waals surface area (Å²) in [5, 5.41) is 8.67. The fourth-order valence-corrected chi connectivity index (χ4v) is 2.17. The van der Waals surface area contributed by atoms with Gasteiger partial charge >= 0.3 is 5.97 Å². The first kappa shape index (κ1) is 5.79. The van der Waals surface area contributed by atoms with Crippen molar-refractivity contribution in [3.8, 4) is 12.3 Å². The van der Waals surface area contributed by atoms with Crippen molar-refractivity contribution in [1.82, 2.24) is 0 Å². The smallest absolute Gasteiger partial charge is 0.309 e. The molecule has 0 aromatic carbocycles. The normalized spacial score (nSPS) is 48.3. The third-order valence-electron chi connectivity index (χ3n) is 2.79. The lowest BCUT2D eigenvalue weighted by Crippen LogP contribution is -2.64. The van der Waals surface area contributed by atoms with Crippen molar-refractivity contribution < 1.29 is 9.90 Å². The second kappa shape index (κ2) is 1.22. The summed E-state index contributed by atoms with van der Waals surface area (Å²) in [7, 11) is 0. The van der Waals surface area contributed by atoms with Crippen LogP contribution in [0, 0.1) is 23.2 Å². The van der Waals surface area contributed by atoms with E-state index < -0.39 is 11.4 Å². The Balaban J connectivity index is 2.13. The molecule has 3 rings (SSSR count). The van der Waals surface area contributed by atoms with Crippen molar-refractivity contribution in [2.45, 2.75) is 19.3 Å². The highest BCUT2D eigenvalue weighted by molar-refractivity contribution is 5.80. The first-order valence-corrected chi connectivity index (χ1v) is 3.34. The summed E-state index contributed by atoms with van der Waals surface area (Å²) in [6.07, 6.45) is 7.36. The summed E-state index contributed by atoms with van der Waals surface area (Å²) < 4.78 is 0. The van der Waals surface area contributed by atoms with Crippen molar-refractivity contribution in [3.05, 3.63) is 0 Å². The average Bonchev–Trinajstić information content (AvgIpc) is 1.57. The molecule has 0 atom stereocenters. The second-order valence-electron chi connectivity index (χ2n) is 3.54. The molecule has 0 radical (unpaired) electrons. The minimum atomic E-state index is -0.662. The van der Waals surface area contributed by atoms with E-state index in [9.17, 15) is 4.79 Å². The van der Waals surface area contributed by atoms with E-state index in [4.69, 9.17) is 11.5 Å². The van der Waals surface area contributed by atoms with Crippen LogP contribution in [0.5, 0.6) is 0 Å². The van der Waals surface area contributed by atoms with E-state index in [1.54, 1.807) is 0 Å². The van der Waals surface area contributed by atoms with Gasteiger partial charge in [-0.2, -0.15) is 0 Å². The van der Waals surface area contributed by atoms with E-state index in [1.165, 1.54) is 0 Å². The van der Waals surface area contributed by atoms with Crippen LogP contribution in [0.1, 0.15) is 19.3 Å². The van der Waals surface area contributed by atoms with Gasteiger partial charge in [0.15, 0.2) is 0 Å². The molecule has 3 fully saturated rings. The summed E-state index contributed by atoms with van der Waals surface area (Å²) in [5.74, 6) is 2.00. The molecular weight excluding hydrogens is 128 g/mol. The van der Waals surface area contributed by atoms with Crippen LogP contribution >= 0.6 is 0 Å². The minimum absolute atomic E-state index is 0.00160. The summed E-state index contributed by atoms with van der Waals surface area (Å²) in [4.78, 5) is 10.5. The van der Waals surface area contributed by atoms with Crippen LogP contribution in [-0.4, -0.2) is 11.1 Å². The van der Waals surface area contributed by atoms with E-state index in [0.717, 1.165) is 0 Å². The van der Waals surface area contributed by atoms with E-state index in [2.05, 4.69) is 5.92 Å². The maximum Gasteiger partial charge on any atom is 0.309 e. The molecule has 0 heterocycles. The second-order valence-corrected chi connectivity index (χ2v) is 3.54. The van der Waals surface area contributed by atoms with Gasteiger partial charge in [0.25, 0.3) is 0 Å². The average molecular weight is 136 g/mol. The van der Waals surface area contributed by atoms with Gasteiger partial charge in [0.05, 0.1) is 5.41 Å². The lowest BCUT2D eigenvalue weighted by Gasteiger charge is -2.65. The molecule has 0 aliphatic heterocycles. The minimum Gasteiger partial charge on any atom is -0.481 e. The molecule has 0 amide bonds. The number of hydrogen-bond donors (Lipinski definition) is 1. The molecule has 52 valence electrons. The highest BCUT2D eigenvalue weighted by Gasteiger charge is 2.71. The van der Waals surface area contributed by atoms with E-state index >= 15 is 0 Å². The molecule has 0 unspecified atom stereocenters. The molecule has 3 aliphatic rings. The molecule has 0 aromatic rings. The number of rotatable bonds is 1. The first-order valence-electron chi connectivity index (χ1n) is 3.34. The third-order valence-corrected chi connectivity index (χ3v) is 2.79. The van der Waals surface area contributed by atoms with Gasteiger partial charge in [-0.1, -0.05) is 5.92 Å². The van der Waals surface area contributed by atoms with Crippen LogP contribution in [0.25, 0.3) is 0 Å².